The number of hydrogen-bond acceptors (Lipinski definition) is 2. The quantitative estimate of drug-likeness (QED) is 0.887. The van der Waals surface area contributed by atoms with Crippen molar-refractivity contribution >= 4 is 11.8 Å². The van der Waals surface area contributed by atoms with E-state index in [0.717, 1.165) is 24.6 Å². The minimum atomic E-state index is -0.483. The summed E-state index contributed by atoms with van der Waals surface area (Å²) in [6.07, 6.45) is 1.01. The first-order valence-corrected chi connectivity index (χ1v) is 7.01. The van der Waals surface area contributed by atoms with Gasteiger partial charge in [-0.3, -0.25) is 0 Å². The molecule has 4 heteroatoms. The molecular formula is C13H17F2NS. The fraction of sp³-hybridized carbons (Fsp3) is 0.538. The summed E-state index contributed by atoms with van der Waals surface area (Å²) in [4.78, 5) is 0. The fourth-order valence-corrected chi connectivity index (χ4v) is 3.36. The van der Waals surface area contributed by atoms with Gasteiger partial charge in [0.2, 0.25) is 0 Å². The van der Waals surface area contributed by atoms with Crippen molar-refractivity contribution in [1.29, 1.82) is 0 Å². The molecule has 1 aromatic rings. The number of thioether (sulfide) groups is 1. The summed E-state index contributed by atoms with van der Waals surface area (Å²) in [5.74, 6) is -0.265. The standard InChI is InChI=1S/C13H17F2NS/c1-3-4-16-13-8(2)17-7-11-10(13)5-9(14)6-12(11)15/h5-6,8,13,16H,3-4,7H2,1-2H3. The lowest BCUT2D eigenvalue weighted by Crippen LogP contribution is -2.33. The number of benzene rings is 1. The molecule has 0 bridgehead atoms. The Bertz CT molecular complexity index is 409. The van der Waals surface area contributed by atoms with E-state index in [1.807, 2.05) is 0 Å². The third-order valence-corrected chi connectivity index (χ3v) is 4.36. The first-order chi connectivity index (χ1) is 8.13. The molecule has 1 aliphatic rings. The van der Waals surface area contributed by atoms with Crippen LogP contribution in [-0.2, 0) is 5.75 Å². The third-order valence-electron chi connectivity index (χ3n) is 3.10. The van der Waals surface area contributed by atoms with Gasteiger partial charge < -0.3 is 5.32 Å². The van der Waals surface area contributed by atoms with Crippen LogP contribution in [0.15, 0.2) is 12.1 Å². The first-order valence-electron chi connectivity index (χ1n) is 5.96. The number of rotatable bonds is 3. The first kappa shape index (κ1) is 12.8. The molecule has 0 radical (unpaired) electrons. The van der Waals surface area contributed by atoms with Crippen LogP contribution in [0.4, 0.5) is 8.78 Å². The summed E-state index contributed by atoms with van der Waals surface area (Å²) in [5, 5.41) is 3.72. The van der Waals surface area contributed by atoms with E-state index in [4.69, 9.17) is 0 Å². The molecule has 0 saturated carbocycles. The van der Waals surface area contributed by atoms with Crippen molar-refractivity contribution in [2.24, 2.45) is 0 Å². The maximum absolute atomic E-state index is 13.7. The second-order valence-corrected chi connectivity index (χ2v) is 5.77. The fourth-order valence-electron chi connectivity index (χ4n) is 2.19. The Hall–Kier alpha value is -0.610. The molecule has 0 aromatic heterocycles. The van der Waals surface area contributed by atoms with Gasteiger partial charge in [-0.1, -0.05) is 13.8 Å². The molecule has 1 aromatic carbocycles. The second-order valence-electron chi connectivity index (χ2n) is 4.40. The van der Waals surface area contributed by atoms with Crippen LogP contribution in [0.25, 0.3) is 0 Å². The van der Waals surface area contributed by atoms with E-state index < -0.39 is 11.6 Å². The minimum Gasteiger partial charge on any atom is -0.309 e. The molecule has 2 unspecified atom stereocenters. The highest BCUT2D eigenvalue weighted by Crippen LogP contribution is 2.38. The van der Waals surface area contributed by atoms with Gasteiger partial charge in [0.05, 0.1) is 0 Å². The summed E-state index contributed by atoms with van der Waals surface area (Å²) in [6, 6.07) is 2.50. The van der Waals surface area contributed by atoms with E-state index in [1.165, 1.54) is 6.07 Å². The van der Waals surface area contributed by atoms with Crippen LogP contribution in [-0.4, -0.2) is 11.8 Å². The molecule has 1 N–H and O–H groups in total. The minimum absolute atomic E-state index is 0.0499. The van der Waals surface area contributed by atoms with E-state index >= 15 is 0 Å². The van der Waals surface area contributed by atoms with E-state index in [-0.39, 0.29) is 6.04 Å². The normalized spacial score (nSPS) is 23.5. The van der Waals surface area contributed by atoms with Gasteiger partial charge in [-0.05, 0) is 24.6 Å². The Morgan fingerprint density at radius 2 is 2.18 bits per heavy atom. The van der Waals surface area contributed by atoms with Crippen LogP contribution >= 0.6 is 11.8 Å². The summed E-state index contributed by atoms with van der Waals surface area (Å²) < 4.78 is 27.0. The Labute approximate surface area is 105 Å². The lowest BCUT2D eigenvalue weighted by atomic mass is 9.97. The summed E-state index contributed by atoms with van der Waals surface area (Å²) in [6.45, 7) is 5.05. The van der Waals surface area contributed by atoms with Crippen molar-refractivity contribution in [3.8, 4) is 0 Å². The predicted octanol–water partition coefficient (Wildman–Crippen LogP) is 3.64. The van der Waals surface area contributed by atoms with Crippen molar-refractivity contribution < 1.29 is 8.78 Å². The topological polar surface area (TPSA) is 12.0 Å². The van der Waals surface area contributed by atoms with Gasteiger partial charge in [-0.25, -0.2) is 8.78 Å². The van der Waals surface area contributed by atoms with Crippen LogP contribution < -0.4 is 5.32 Å². The highest BCUT2D eigenvalue weighted by Gasteiger charge is 2.29. The zero-order valence-corrected chi connectivity index (χ0v) is 10.9. The lowest BCUT2D eigenvalue weighted by Gasteiger charge is -2.32. The van der Waals surface area contributed by atoms with Gasteiger partial charge in [-0.2, -0.15) is 11.8 Å². The van der Waals surface area contributed by atoms with Crippen molar-refractivity contribution in [3.05, 3.63) is 34.9 Å². The predicted molar refractivity (Wildman–Crippen MR) is 68.1 cm³/mol. The molecule has 0 aliphatic carbocycles. The molecular weight excluding hydrogens is 240 g/mol. The van der Waals surface area contributed by atoms with Crippen molar-refractivity contribution in [3.63, 3.8) is 0 Å². The Kier molecular flexibility index (Phi) is 4.05. The molecule has 1 aliphatic heterocycles. The highest BCUT2D eigenvalue weighted by atomic mass is 32.2. The summed E-state index contributed by atoms with van der Waals surface area (Å²) >= 11 is 1.71. The largest absolute Gasteiger partial charge is 0.309 e. The SMILES string of the molecule is CCCNC1c2cc(F)cc(F)c2CSC1C. The smallest absolute Gasteiger partial charge is 0.130 e. The molecule has 0 saturated heterocycles. The Morgan fingerprint density at radius 3 is 2.88 bits per heavy atom. The Balaban J connectivity index is 2.36. The van der Waals surface area contributed by atoms with Crippen LogP contribution in [0.5, 0.6) is 0 Å². The van der Waals surface area contributed by atoms with Gasteiger partial charge in [0, 0.05) is 28.7 Å². The van der Waals surface area contributed by atoms with Gasteiger partial charge >= 0.3 is 0 Å². The van der Waals surface area contributed by atoms with Gasteiger partial charge in [0.25, 0.3) is 0 Å². The average Bonchev–Trinajstić information content (AvgIpc) is 2.27. The maximum Gasteiger partial charge on any atom is 0.130 e. The van der Waals surface area contributed by atoms with Crippen molar-refractivity contribution in [2.45, 2.75) is 37.3 Å². The summed E-state index contributed by atoms with van der Waals surface area (Å²) in [5.41, 5.74) is 1.45. The van der Waals surface area contributed by atoms with Gasteiger partial charge in [-0.15, -0.1) is 0 Å². The molecule has 94 valence electrons. The monoisotopic (exact) mass is 257 g/mol. The van der Waals surface area contributed by atoms with E-state index in [9.17, 15) is 8.78 Å². The molecule has 17 heavy (non-hydrogen) atoms. The second kappa shape index (κ2) is 5.36. The number of halogens is 2. The van der Waals surface area contributed by atoms with Crippen LogP contribution in [0, 0.1) is 11.6 Å². The number of fused-ring (bicyclic) bond motifs is 1. The molecule has 2 rings (SSSR count). The summed E-state index contributed by atoms with van der Waals surface area (Å²) in [7, 11) is 0. The number of nitrogens with one attached hydrogen (secondary N) is 1. The molecule has 1 heterocycles. The van der Waals surface area contributed by atoms with E-state index in [1.54, 1.807) is 11.8 Å². The van der Waals surface area contributed by atoms with Gasteiger partial charge in [0.15, 0.2) is 0 Å². The average molecular weight is 257 g/mol. The van der Waals surface area contributed by atoms with Crippen LogP contribution in [0.1, 0.15) is 37.4 Å². The molecule has 1 nitrogen and oxygen atoms in total. The van der Waals surface area contributed by atoms with Crippen LogP contribution in [0.3, 0.4) is 0 Å². The molecule has 2 atom stereocenters. The lowest BCUT2D eigenvalue weighted by molar-refractivity contribution is 0.502. The molecule has 0 amide bonds. The maximum atomic E-state index is 13.7. The molecule has 0 spiro atoms. The van der Waals surface area contributed by atoms with E-state index in [0.29, 0.717) is 16.6 Å². The zero-order chi connectivity index (χ0) is 12.4. The van der Waals surface area contributed by atoms with Crippen molar-refractivity contribution in [1.82, 2.24) is 5.32 Å². The molecule has 0 fully saturated rings. The Morgan fingerprint density at radius 1 is 1.41 bits per heavy atom. The number of hydrogen-bond donors (Lipinski definition) is 1. The zero-order valence-electron chi connectivity index (χ0n) is 10.1. The van der Waals surface area contributed by atoms with Gasteiger partial charge in [0.1, 0.15) is 11.6 Å². The van der Waals surface area contributed by atoms with E-state index in [2.05, 4.69) is 19.2 Å². The highest BCUT2D eigenvalue weighted by molar-refractivity contribution is 7.99. The van der Waals surface area contributed by atoms with Crippen molar-refractivity contribution in [2.75, 3.05) is 6.54 Å². The third kappa shape index (κ3) is 2.63. The van der Waals surface area contributed by atoms with Crippen LogP contribution in [0.2, 0.25) is 0 Å².